The lowest BCUT2D eigenvalue weighted by molar-refractivity contribution is 0.0600. The number of carbonyl (C=O) groups excluding carboxylic acids is 1. The van der Waals surface area contributed by atoms with Crippen LogP contribution in [0.3, 0.4) is 0 Å². The van der Waals surface area contributed by atoms with Crippen molar-refractivity contribution in [1.82, 2.24) is 14.9 Å². The van der Waals surface area contributed by atoms with Crippen LogP contribution >= 0.6 is 12.2 Å². The number of esters is 1. The quantitative estimate of drug-likeness (QED) is 0.243. The molecule has 9 heteroatoms. The number of benzene rings is 2. The summed E-state index contributed by atoms with van der Waals surface area (Å²) in [4.78, 5) is 18.7. The summed E-state index contributed by atoms with van der Waals surface area (Å²) >= 11 is 5.92. The van der Waals surface area contributed by atoms with Crippen LogP contribution in [0.25, 0.3) is 5.69 Å². The van der Waals surface area contributed by atoms with Crippen LogP contribution in [0.2, 0.25) is 0 Å². The number of anilines is 1. The minimum Gasteiger partial charge on any atom is -0.497 e. The van der Waals surface area contributed by atoms with Gasteiger partial charge in [-0.05, 0) is 86.2 Å². The van der Waals surface area contributed by atoms with Crippen LogP contribution in [0, 0.1) is 13.8 Å². The molecule has 1 saturated heterocycles. The van der Waals surface area contributed by atoms with Crippen molar-refractivity contribution in [2.75, 3.05) is 26.2 Å². The Morgan fingerprint density at radius 3 is 2.38 bits per heavy atom. The van der Waals surface area contributed by atoms with E-state index >= 15 is 0 Å². The van der Waals surface area contributed by atoms with Gasteiger partial charge in [0, 0.05) is 29.3 Å². The molecule has 200 valence electrons. The summed E-state index contributed by atoms with van der Waals surface area (Å²) in [5, 5.41) is 4.09. The van der Waals surface area contributed by atoms with Crippen LogP contribution in [-0.2, 0) is 4.74 Å². The van der Waals surface area contributed by atoms with Crippen LogP contribution in [0.5, 0.6) is 11.5 Å². The van der Waals surface area contributed by atoms with E-state index in [1.165, 1.54) is 7.11 Å². The smallest absolute Gasteiger partial charge is 0.337 e. The molecule has 2 atom stereocenters. The topological polar surface area (TPSA) is 77.9 Å². The first kappa shape index (κ1) is 26.2. The van der Waals surface area contributed by atoms with Gasteiger partial charge in [0.15, 0.2) is 5.11 Å². The number of rotatable bonds is 7. The van der Waals surface area contributed by atoms with Crippen molar-refractivity contribution in [3.8, 4) is 17.2 Å². The zero-order chi connectivity index (χ0) is 27.7. The Morgan fingerprint density at radius 2 is 1.74 bits per heavy atom. The minimum atomic E-state index is -0.365. The molecule has 8 nitrogen and oxygen atoms in total. The van der Waals surface area contributed by atoms with Gasteiger partial charge in [0.05, 0.1) is 50.4 Å². The first-order valence-electron chi connectivity index (χ1n) is 12.5. The van der Waals surface area contributed by atoms with Gasteiger partial charge in [-0.25, -0.2) is 4.79 Å². The predicted octanol–water partition coefficient (Wildman–Crippen LogP) is 5.47. The van der Waals surface area contributed by atoms with Crippen LogP contribution in [0.4, 0.5) is 5.69 Å². The van der Waals surface area contributed by atoms with Gasteiger partial charge < -0.3 is 29.0 Å². The average molecular weight is 543 g/mol. The largest absolute Gasteiger partial charge is 0.497 e. The van der Waals surface area contributed by atoms with E-state index in [4.69, 9.17) is 26.4 Å². The Balaban J connectivity index is 1.66. The molecule has 1 aliphatic rings. The molecule has 3 heterocycles. The zero-order valence-corrected chi connectivity index (χ0v) is 23.3. The van der Waals surface area contributed by atoms with Crippen LogP contribution in [0.15, 0.2) is 72.9 Å². The number of ether oxygens (including phenoxy) is 3. The number of aromatic nitrogens is 2. The van der Waals surface area contributed by atoms with Gasteiger partial charge in [0.1, 0.15) is 11.5 Å². The second-order valence-corrected chi connectivity index (χ2v) is 9.62. The number of hydrogen-bond acceptors (Lipinski definition) is 6. The summed E-state index contributed by atoms with van der Waals surface area (Å²) in [7, 11) is 4.65. The van der Waals surface area contributed by atoms with Crippen molar-refractivity contribution < 1.29 is 19.0 Å². The van der Waals surface area contributed by atoms with Gasteiger partial charge >= 0.3 is 5.97 Å². The number of hydrogen-bond donors (Lipinski definition) is 1. The Kier molecular flexibility index (Phi) is 7.26. The van der Waals surface area contributed by atoms with Crippen molar-refractivity contribution in [2.24, 2.45) is 0 Å². The number of aryl methyl sites for hydroxylation is 1. The van der Waals surface area contributed by atoms with Gasteiger partial charge in [-0.3, -0.25) is 4.98 Å². The average Bonchev–Trinajstić information content (AvgIpc) is 3.47. The van der Waals surface area contributed by atoms with E-state index < -0.39 is 0 Å². The number of pyridine rings is 1. The third kappa shape index (κ3) is 4.70. The third-order valence-corrected chi connectivity index (χ3v) is 7.39. The summed E-state index contributed by atoms with van der Waals surface area (Å²) in [5.74, 6) is 0.980. The van der Waals surface area contributed by atoms with Gasteiger partial charge in [-0.1, -0.05) is 6.07 Å². The standard InChI is InChI=1S/C30H30N4O4S/c1-18-16-23(19(2)33(18)21-11-9-20(10-12-21)29(35)38-5)28-27(24-8-6-7-15-31-24)32-30(39)34(28)25-14-13-22(36-3)17-26(25)37-4/h6-17,27-28H,1-5H3,(H,32,39)/t27-,28+/m0/s1. The van der Waals surface area contributed by atoms with E-state index in [-0.39, 0.29) is 18.1 Å². The molecule has 0 spiro atoms. The van der Waals surface area contributed by atoms with Crippen molar-refractivity contribution in [2.45, 2.75) is 25.9 Å². The normalized spacial score (nSPS) is 16.6. The summed E-state index contributed by atoms with van der Waals surface area (Å²) in [6.07, 6.45) is 1.79. The van der Waals surface area contributed by atoms with Crippen LogP contribution in [0.1, 0.15) is 45.1 Å². The van der Waals surface area contributed by atoms with E-state index in [0.717, 1.165) is 34.0 Å². The molecule has 2 aromatic heterocycles. The van der Waals surface area contributed by atoms with Gasteiger partial charge in [0.25, 0.3) is 0 Å². The molecule has 5 rings (SSSR count). The molecule has 2 aromatic carbocycles. The maximum absolute atomic E-state index is 12.0. The second kappa shape index (κ2) is 10.8. The lowest BCUT2D eigenvalue weighted by Crippen LogP contribution is -2.30. The number of methoxy groups -OCH3 is 3. The maximum atomic E-state index is 12.0. The fourth-order valence-electron chi connectivity index (χ4n) is 5.26. The van der Waals surface area contributed by atoms with E-state index in [0.29, 0.717) is 22.2 Å². The molecule has 1 fully saturated rings. The molecule has 0 radical (unpaired) electrons. The highest BCUT2D eigenvalue weighted by atomic mass is 32.1. The van der Waals surface area contributed by atoms with E-state index in [1.54, 1.807) is 32.5 Å². The number of nitrogens with one attached hydrogen (secondary N) is 1. The Hall–Kier alpha value is -4.37. The molecular formula is C30H30N4O4S. The monoisotopic (exact) mass is 542 g/mol. The zero-order valence-electron chi connectivity index (χ0n) is 22.5. The minimum absolute atomic E-state index is 0.207. The van der Waals surface area contributed by atoms with Crippen LogP contribution in [-0.4, -0.2) is 42.0 Å². The first-order valence-corrected chi connectivity index (χ1v) is 12.9. The molecule has 0 saturated carbocycles. The highest BCUT2D eigenvalue weighted by Gasteiger charge is 2.43. The molecule has 4 aromatic rings. The molecule has 1 N–H and O–H groups in total. The van der Waals surface area contributed by atoms with Crippen molar-refractivity contribution >= 4 is 29.0 Å². The van der Waals surface area contributed by atoms with E-state index in [9.17, 15) is 4.79 Å². The summed E-state index contributed by atoms with van der Waals surface area (Å²) in [6, 6.07) is 20.8. The lowest BCUT2D eigenvalue weighted by Gasteiger charge is -2.29. The molecule has 0 bridgehead atoms. The highest BCUT2D eigenvalue weighted by Crippen LogP contribution is 2.46. The maximum Gasteiger partial charge on any atom is 0.337 e. The van der Waals surface area contributed by atoms with Gasteiger partial charge in [0.2, 0.25) is 0 Å². The SMILES string of the molecule is COC(=O)c1ccc(-n2c(C)cc([C@@H]3[C@H](c4ccccn4)NC(=S)N3c3ccc(OC)cc3OC)c2C)cc1. The Bertz CT molecular complexity index is 1520. The molecule has 1 aliphatic heterocycles. The number of thiocarbonyl (C=S) groups is 1. The molecule has 0 amide bonds. The molecule has 39 heavy (non-hydrogen) atoms. The van der Waals surface area contributed by atoms with E-state index in [1.807, 2.05) is 48.5 Å². The Morgan fingerprint density at radius 1 is 0.974 bits per heavy atom. The molecular weight excluding hydrogens is 512 g/mol. The van der Waals surface area contributed by atoms with Crippen LogP contribution < -0.4 is 19.7 Å². The first-order chi connectivity index (χ1) is 18.9. The van der Waals surface area contributed by atoms with E-state index in [2.05, 4.69) is 39.7 Å². The number of carbonyl (C=O) groups is 1. The predicted molar refractivity (Wildman–Crippen MR) is 154 cm³/mol. The van der Waals surface area contributed by atoms with Crippen molar-refractivity contribution in [1.29, 1.82) is 0 Å². The van der Waals surface area contributed by atoms with Gasteiger partial charge in [-0.2, -0.15) is 0 Å². The third-order valence-electron chi connectivity index (χ3n) is 7.08. The summed E-state index contributed by atoms with van der Waals surface area (Å²) in [6.45, 7) is 4.16. The fraction of sp³-hybridized carbons (Fsp3) is 0.233. The summed E-state index contributed by atoms with van der Waals surface area (Å²) in [5.41, 5.74) is 6.34. The second-order valence-electron chi connectivity index (χ2n) is 9.23. The number of nitrogens with zero attached hydrogens (tertiary/aromatic N) is 3. The Labute approximate surface area is 233 Å². The van der Waals surface area contributed by atoms with Crippen molar-refractivity contribution in [3.05, 3.63) is 101 Å². The molecule has 0 aliphatic carbocycles. The fourth-order valence-corrected chi connectivity index (χ4v) is 5.60. The van der Waals surface area contributed by atoms with Crippen molar-refractivity contribution in [3.63, 3.8) is 0 Å². The van der Waals surface area contributed by atoms with Gasteiger partial charge in [-0.15, -0.1) is 0 Å². The highest BCUT2D eigenvalue weighted by molar-refractivity contribution is 7.80. The summed E-state index contributed by atoms with van der Waals surface area (Å²) < 4.78 is 18.2. The lowest BCUT2D eigenvalue weighted by atomic mass is 9.96. The molecule has 0 unspecified atom stereocenters.